The van der Waals surface area contributed by atoms with Gasteiger partial charge in [-0.2, -0.15) is 0 Å². The SMILES string of the molecule is C=C1C=CC(C2=Cc3cc(C(=N)CC(=O)/C(CC=N)=C(\C)C(C)=C=CC)ccc3C2)=CC=C1CCC1CC1. The first kappa shape index (κ1) is 27.2. The Morgan fingerprint density at radius 1 is 1.18 bits per heavy atom. The average Bonchev–Trinajstić information content (AvgIpc) is 3.66. The second kappa shape index (κ2) is 12.2. The van der Waals surface area contributed by atoms with Crippen LogP contribution in [0.1, 0.15) is 76.0 Å². The van der Waals surface area contributed by atoms with E-state index in [4.69, 9.17) is 10.8 Å². The summed E-state index contributed by atoms with van der Waals surface area (Å²) in [5, 5.41) is 16.2. The van der Waals surface area contributed by atoms with Crippen molar-refractivity contribution >= 4 is 23.8 Å². The summed E-state index contributed by atoms with van der Waals surface area (Å²) in [4.78, 5) is 13.1. The summed E-state index contributed by atoms with van der Waals surface area (Å²) in [6, 6.07) is 6.08. The van der Waals surface area contributed by atoms with Crippen LogP contribution in [0.25, 0.3) is 6.08 Å². The number of Topliss-reactive ketones (excluding diaryl/α,β-unsaturated/α-hetero) is 1. The van der Waals surface area contributed by atoms with Gasteiger partial charge in [-0.25, -0.2) is 0 Å². The highest BCUT2D eigenvalue weighted by Gasteiger charge is 2.22. The first-order chi connectivity index (χ1) is 18.3. The minimum Gasteiger partial charge on any atom is -0.313 e. The minimum atomic E-state index is -0.108. The number of rotatable bonds is 11. The number of fused-ring (bicyclic) bond motifs is 1. The Hall–Kier alpha value is -3.81. The summed E-state index contributed by atoms with van der Waals surface area (Å²) >= 11 is 0. The van der Waals surface area contributed by atoms with E-state index in [0.717, 1.165) is 46.6 Å². The zero-order valence-electron chi connectivity index (χ0n) is 22.9. The monoisotopic (exact) mass is 502 g/mol. The third kappa shape index (κ3) is 6.54. The molecule has 1 fully saturated rings. The van der Waals surface area contributed by atoms with Crippen LogP contribution in [0.5, 0.6) is 0 Å². The molecule has 0 radical (unpaired) electrons. The van der Waals surface area contributed by atoms with Crippen molar-refractivity contribution in [3.05, 3.63) is 117 Å². The first-order valence-electron chi connectivity index (χ1n) is 13.6. The maximum absolute atomic E-state index is 13.1. The van der Waals surface area contributed by atoms with Gasteiger partial charge in [0.1, 0.15) is 0 Å². The predicted octanol–water partition coefficient (Wildman–Crippen LogP) is 8.60. The lowest BCUT2D eigenvalue weighted by atomic mass is 9.92. The molecule has 0 bridgehead atoms. The summed E-state index contributed by atoms with van der Waals surface area (Å²) in [6.45, 7) is 9.98. The van der Waals surface area contributed by atoms with Gasteiger partial charge in [0.25, 0.3) is 0 Å². The highest BCUT2D eigenvalue weighted by molar-refractivity contribution is 6.15. The number of benzene rings is 1. The van der Waals surface area contributed by atoms with E-state index in [1.165, 1.54) is 47.8 Å². The minimum absolute atomic E-state index is 0.0173. The molecule has 0 spiro atoms. The lowest BCUT2D eigenvalue weighted by Gasteiger charge is -2.11. The summed E-state index contributed by atoms with van der Waals surface area (Å²) in [6.07, 6.45) is 20.3. The van der Waals surface area contributed by atoms with Crippen molar-refractivity contribution in [3.8, 4) is 0 Å². The Morgan fingerprint density at radius 3 is 2.68 bits per heavy atom. The Balaban J connectivity index is 1.50. The van der Waals surface area contributed by atoms with Crippen LogP contribution in [0.2, 0.25) is 0 Å². The van der Waals surface area contributed by atoms with Gasteiger partial charge >= 0.3 is 0 Å². The molecule has 2 N–H and O–H groups in total. The molecule has 4 rings (SSSR count). The van der Waals surface area contributed by atoms with E-state index in [1.54, 1.807) is 0 Å². The van der Waals surface area contributed by atoms with Crippen molar-refractivity contribution in [2.75, 3.05) is 0 Å². The van der Waals surface area contributed by atoms with Crippen molar-refractivity contribution in [1.82, 2.24) is 0 Å². The number of hydrogen-bond acceptors (Lipinski definition) is 3. The highest BCUT2D eigenvalue weighted by Crippen LogP contribution is 2.37. The Bertz CT molecular complexity index is 1410. The molecule has 3 nitrogen and oxygen atoms in total. The van der Waals surface area contributed by atoms with Crippen LogP contribution in [0.3, 0.4) is 0 Å². The molecule has 0 unspecified atom stereocenters. The second-order valence-corrected chi connectivity index (χ2v) is 10.6. The smallest absolute Gasteiger partial charge is 0.165 e. The molecule has 1 aromatic rings. The fourth-order valence-corrected chi connectivity index (χ4v) is 5.08. The molecular formula is C35H38N2O. The largest absolute Gasteiger partial charge is 0.313 e. The zero-order chi connectivity index (χ0) is 27.2. The van der Waals surface area contributed by atoms with Crippen molar-refractivity contribution in [1.29, 1.82) is 10.8 Å². The molecule has 3 aliphatic carbocycles. The number of allylic oxidation sites excluding steroid dienone is 11. The standard InChI is InChI=1S/C35H38N2O/c1-5-6-23(2)25(4)33(17-18-36)35(38)22-34(37)30-16-15-29-19-31(21-32(29)20-30)28-11-7-24(3)27(13-14-28)12-10-26-8-9-26/h5,7,11,13-16,18,20-21,26,36-37H,3,8-10,12,17,19,22H2,1-2,4H3/b33-25+,36-18?,37-34?. The van der Waals surface area contributed by atoms with Gasteiger partial charge in [0.2, 0.25) is 0 Å². The number of hydrogen-bond donors (Lipinski definition) is 2. The molecule has 194 valence electrons. The van der Waals surface area contributed by atoms with Crippen molar-refractivity contribution in [3.63, 3.8) is 0 Å². The van der Waals surface area contributed by atoms with Gasteiger partial charge in [-0.15, -0.1) is 5.73 Å². The van der Waals surface area contributed by atoms with E-state index in [0.29, 0.717) is 11.3 Å². The lowest BCUT2D eigenvalue weighted by molar-refractivity contribution is -0.114. The highest BCUT2D eigenvalue weighted by atomic mass is 16.1. The van der Waals surface area contributed by atoms with Crippen molar-refractivity contribution in [2.45, 2.75) is 65.7 Å². The van der Waals surface area contributed by atoms with E-state index in [9.17, 15) is 4.79 Å². The number of nitrogens with one attached hydrogen (secondary N) is 2. The topological polar surface area (TPSA) is 64.8 Å². The molecule has 38 heavy (non-hydrogen) atoms. The zero-order valence-corrected chi connectivity index (χ0v) is 22.9. The quantitative estimate of drug-likeness (QED) is 0.135. The van der Waals surface area contributed by atoms with Crippen molar-refractivity contribution in [2.24, 2.45) is 5.92 Å². The average molecular weight is 503 g/mol. The van der Waals surface area contributed by atoms with Gasteiger partial charge < -0.3 is 10.8 Å². The number of carbonyl (C=O) groups excluding carboxylic acids is 1. The van der Waals surface area contributed by atoms with Crippen LogP contribution in [-0.2, 0) is 11.2 Å². The van der Waals surface area contributed by atoms with Crippen LogP contribution in [0.15, 0.2) is 99.9 Å². The summed E-state index contributed by atoms with van der Waals surface area (Å²) in [5.74, 6) is 0.805. The van der Waals surface area contributed by atoms with Crippen LogP contribution in [-0.4, -0.2) is 17.7 Å². The van der Waals surface area contributed by atoms with Crippen LogP contribution < -0.4 is 0 Å². The number of ketones is 1. The molecule has 0 amide bonds. The van der Waals surface area contributed by atoms with Gasteiger partial charge in [0.15, 0.2) is 5.78 Å². The third-order valence-electron chi connectivity index (χ3n) is 7.79. The molecule has 0 atom stereocenters. The molecule has 1 aromatic carbocycles. The Labute approximate surface area is 227 Å². The molecule has 3 heteroatoms. The van der Waals surface area contributed by atoms with Gasteiger partial charge in [-0.05, 0) is 114 Å². The van der Waals surface area contributed by atoms with Gasteiger partial charge in [0, 0.05) is 17.7 Å². The second-order valence-electron chi connectivity index (χ2n) is 10.6. The van der Waals surface area contributed by atoms with Crippen molar-refractivity contribution < 1.29 is 4.79 Å². The molecule has 1 saturated carbocycles. The van der Waals surface area contributed by atoms with E-state index in [2.05, 4.69) is 48.8 Å². The Morgan fingerprint density at radius 2 is 1.97 bits per heavy atom. The third-order valence-corrected chi connectivity index (χ3v) is 7.79. The van der Waals surface area contributed by atoms with Gasteiger partial charge in [0.05, 0.1) is 6.42 Å². The molecular weight excluding hydrogens is 464 g/mol. The van der Waals surface area contributed by atoms with E-state index in [-0.39, 0.29) is 18.6 Å². The summed E-state index contributed by atoms with van der Waals surface area (Å²) < 4.78 is 0. The maximum Gasteiger partial charge on any atom is 0.165 e. The molecule has 0 aromatic heterocycles. The van der Waals surface area contributed by atoms with E-state index < -0.39 is 0 Å². The first-order valence-corrected chi connectivity index (χ1v) is 13.6. The fraction of sp³-hybridized carbons (Fsp3) is 0.314. The molecule has 0 saturated heterocycles. The number of carbonyl (C=O) groups is 1. The van der Waals surface area contributed by atoms with Crippen LogP contribution in [0.4, 0.5) is 0 Å². The molecule has 0 aliphatic heterocycles. The summed E-state index contributed by atoms with van der Waals surface area (Å²) in [7, 11) is 0. The Kier molecular flexibility index (Phi) is 8.71. The predicted molar refractivity (Wildman–Crippen MR) is 160 cm³/mol. The van der Waals surface area contributed by atoms with Gasteiger partial charge in [-0.1, -0.05) is 61.9 Å². The van der Waals surface area contributed by atoms with E-state index in [1.807, 2.05) is 39.0 Å². The molecule has 3 aliphatic rings. The van der Waals surface area contributed by atoms with E-state index >= 15 is 0 Å². The van der Waals surface area contributed by atoms with Crippen LogP contribution in [0, 0.1) is 16.7 Å². The lowest BCUT2D eigenvalue weighted by Crippen LogP contribution is -2.13. The maximum atomic E-state index is 13.1. The molecule has 0 heterocycles. The fourth-order valence-electron chi connectivity index (χ4n) is 5.08. The van der Waals surface area contributed by atoms with Crippen LogP contribution >= 0.6 is 0 Å². The summed E-state index contributed by atoms with van der Waals surface area (Å²) in [5.41, 5.74) is 13.8. The van der Waals surface area contributed by atoms with Gasteiger partial charge in [-0.3, -0.25) is 4.79 Å². The normalized spacial score (nSPS) is 16.8.